The molecule has 6 nitrogen and oxygen atoms in total. The first kappa shape index (κ1) is 21.4. The van der Waals surface area contributed by atoms with Crippen LogP contribution < -0.4 is 5.32 Å². The van der Waals surface area contributed by atoms with Crippen LogP contribution >= 0.6 is 0 Å². The molecule has 1 aliphatic heterocycles. The molecule has 0 saturated carbocycles. The Labute approximate surface area is 168 Å². The Bertz CT molecular complexity index is 1010. The largest absolute Gasteiger partial charge is 0.379 e. The zero-order valence-corrected chi connectivity index (χ0v) is 16.8. The Morgan fingerprint density at radius 1 is 1.10 bits per heavy atom. The minimum atomic E-state index is -3.68. The van der Waals surface area contributed by atoms with Crippen molar-refractivity contribution in [3.63, 3.8) is 0 Å². The van der Waals surface area contributed by atoms with E-state index < -0.39 is 21.7 Å². The predicted octanol–water partition coefficient (Wildman–Crippen LogP) is 2.87. The number of nitrogens with one attached hydrogen (secondary N) is 1. The number of anilines is 1. The summed E-state index contributed by atoms with van der Waals surface area (Å²) < 4.78 is 58.4. The first-order valence-electron chi connectivity index (χ1n) is 9.20. The number of aryl methyl sites for hydroxylation is 2. The number of nitrogens with zero attached hydrogens (tertiary/aromatic N) is 1. The van der Waals surface area contributed by atoms with E-state index in [0.717, 1.165) is 12.1 Å². The van der Waals surface area contributed by atoms with Crippen molar-refractivity contribution in [2.75, 3.05) is 31.6 Å². The highest BCUT2D eigenvalue weighted by atomic mass is 32.2. The molecule has 3 rings (SSSR count). The number of hydrogen-bond donors (Lipinski definition) is 1. The van der Waals surface area contributed by atoms with E-state index in [1.165, 1.54) is 22.5 Å². The summed E-state index contributed by atoms with van der Waals surface area (Å²) in [5.74, 6) is -2.24. The predicted molar refractivity (Wildman–Crippen MR) is 104 cm³/mol. The Morgan fingerprint density at radius 2 is 1.83 bits per heavy atom. The third kappa shape index (κ3) is 5.17. The molecular formula is C20H22F2N2O4S. The summed E-state index contributed by atoms with van der Waals surface area (Å²) in [4.78, 5) is 12.4. The summed E-state index contributed by atoms with van der Waals surface area (Å²) in [6.07, 6.45) is 0.277. The van der Waals surface area contributed by atoms with E-state index in [0.29, 0.717) is 30.0 Å². The Kier molecular flexibility index (Phi) is 6.61. The number of morpholine rings is 1. The molecule has 156 valence electrons. The van der Waals surface area contributed by atoms with Crippen molar-refractivity contribution >= 4 is 21.6 Å². The van der Waals surface area contributed by atoms with Crippen molar-refractivity contribution in [3.8, 4) is 0 Å². The zero-order chi connectivity index (χ0) is 21.0. The average molecular weight is 424 g/mol. The summed E-state index contributed by atoms with van der Waals surface area (Å²) >= 11 is 0. The van der Waals surface area contributed by atoms with E-state index in [1.54, 1.807) is 13.0 Å². The van der Waals surface area contributed by atoms with Gasteiger partial charge in [-0.3, -0.25) is 4.79 Å². The Balaban J connectivity index is 1.69. The van der Waals surface area contributed by atoms with Gasteiger partial charge in [0, 0.05) is 25.2 Å². The molecule has 1 fully saturated rings. The van der Waals surface area contributed by atoms with Gasteiger partial charge in [-0.05, 0) is 48.7 Å². The third-order valence-corrected chi connectivity index (χ3v) is 6.61. The number of ether oxygens (including phenoxy) is 1. The van der Waals surface area contributed by atoms with Gasteiger partial charge in [0.2, 0.25) is 15.9 Å². The highest BCUT2D eigenvalue weighted by Crippen LogP contribution is 2.24. The SMILES string of the molecule is Cc1ccc(S(=O)(=O)N2CCOCC2)cc1NC(=O)CCc1ccc(F)c(F)c1. The monoisotopic (exact) mass is 424 g/mol. The molecule has 1 N–H and O–H groups in total. The topological polar surface area (TPSA) is 75.7 Å². The van der Waals surface area contributed by atoms with Crippen LogP contribution in [0.5, 0.6) is 0 Å². The van der Waals surface area contributed by atoms with Gasteiger partial charge in [-0.25, -0.2) is 17.2 Å². The Hall–Kier alpha value is -2.36. The Morgan fingerprint density at radius 3 is 2.52 bits per heavy atom. The number of benzene rings is 2. The van der Waals surface area contributed by atoms with Crippen LogP contribution in [0.4, 0.5) is 14.5 Å². The van der Waals surface area contributed by atoms with E-state index >= 15 is 0 Å². The van der Waals surface area contributed by atoms with E-state index in [-0.39, 0.29) is 36.7 Å². The number of carbonyl (C=O) groups excluding carboxylic acids is 1. The molecule has 1 saturated heterocycles. The lowest BCUT2D eigenvalue weighted by Crippen LogP contribution is -2.40. The first-order valence-corrected chi connectivity index (χ1v) is 10.6. The molecule has 2 aromatic rings. The second-order valence-electron chi connectivity index (χ2n) is 6.79. The zero-order valence-electron chi connectivity index (χ0n) is 16.0. The highest BCUT2D eigenvalue weighted by Gasteiger charge is 2.26. The number of sulfonamides is 1. The standard InChI is InChI=1S/C20H22F2N2O4S/c1-14-2-5-16(29(26,27)24-8-10-28-11-9-24)13-19(14)23-20(25)7-4-15-3-6-17(21)18(22)12-15/h2-3,5-6,12-13H,4,7-11H2,1H3,(H,23,25). The van der Waals surface area contributed by atoms with Crippen LogP contribution in [0.25, 0.3) is 0 Å². The quantitative estimate of drug-likeness (QED) is 0.774. The average Bonchev–Trinajstić information content (AvgIpc) is 2.71. The molecule has 0 radical (unpaired) electrons. The van der Waals surface area contributed by atoms with Crippen LogP contribution in [-0.4, -0.2) is 44.9 Å². The van der Waals surface area contributed by atoms with Crippen LogP contribution in [0.1, 0.15) is 17.5 Å². The number of halogens is 2. The first-order chi connectivity index (χ1) is 13.8. The van der Waals surface area contributed by atoms with Gasteiger partial charge >= 0.3 is 0 Å². The molecule has 29 heavy (non-hydrogen) atoms. The minimum absolute atomic E-state index is 0.0466. The maximum atomic E-state index is 13.3. The minimum Gasteiger partial charge on any atom is -0.379 e. The molecule has 0 atom stereocenters. The lowest BCUT2D eigenvalue weighted by molar-refractivity contribution is -0.116. The maximum Gasteiger partial charge on any atom is 0.243 e. The lowest BCUT2D eigenvalue weighted by atomic mass is 10.1. The molecule has 0 spiro atoms. The van der Waals surface area contributed by atoms with Gasteiger partial charge in [-0.1, -0.05) is 12.1 Å². The molecule has 9 heteroatoms. The van der Waals surface area contributed by atoms with Crippen LogP contribution in [0.3, 0.4) is 0 Å². The molecule has 0 aromatic heterocycles. The molecule has 0 aliphatic carbocycles. The summed E-state index contributed by atoms with van der Waals surface area (Å²) in [6, 6.07) is 8.09. The van der Waals surface area contributed by atoms with Crippen LogP contribution in [0.15, 0.2) is 41.3 Å². The van der Waals surface area contributed by atoms with Gasteiger partial charge < -0.3 is 10.1 Å². The summed E-state index contributed by atoms with van der Waals surface area (Å²) in [6.45, 7) is 3.02. The van der Waals surface area contributed by atoms with Gasteiger partial charge in [0.15, 0.2) is 11.6 Å². The summed E-state index contributed by atoms with van der Waals surface area (Å²) in [5.41, 5.74) is 1.61. The van der Waals surface area contributed by atoms with Gasteiger partial charge in [-0.2, -0.15) is 4.31 Å². The van der Waals surface area contributed by atoms with Crippen LogP contribution in [0.2, 0.25) is 0 Å². The second-order valence-corrected chi connectivity index (χ2v) is 8.73. The lowest BCUT2D eigenvalue weighted by Gasteiger charge is -2.26. The van der Waals surface area contributed by atoms with E-state index in [4.69, 9.17) is 4.74 Å². The molecule has 0 unspecified atom stereocenters. The van der Waals surface area contributed by atoms with Crippen LogP contribution in [-0.2, 0) is 26.0 Å². The van der Waals surface area contributed by atoms with Crippen molar-refractivity contribution in [2.45, 2.75) is 24.7 Å². The van der Waals surface area contributed by atoms with Gasteiger partial charge in [0.25, 0.3) is 0 Å². The van der Waals surface area contributed by atoms with Crippen molar-refractivity contribution in [2.24, 2.45) is 0 Å². The van der Waals surface area contributed by atoms with E-state index in [2.05, 4.69) is 5.32 Å². The smallest absolute Gasteiger partial charge is 0.243 e. The van der Waals surface area contributed by atoms with Crippen molar-refractivity contribution in [1.82, 2.24) is 4.31 Å². The number of hydrogen-bond acceptors (Lipinski definition) is 4. The number of rotatable bonds is 6. The normalized spacial score (nSPS) is 15.3. The van der Waals surface area contributed by atoms with E-state index in [9.17, 15) is 22.0 Å². The summed E-state index contributed by atoms with van der Waals surface area (Å²) in [7, 11) is -3.68. The van der Waals surface area contributed by atoms with Gasteiger partial charge in [0.1, 0.15) is 0 Å². The molecular weight excluding hydrogens is 402 g/mol. The number of carbonyl (C=O) groups is 1. The fourth-order valence-electron chi connectivity index (χ4n) is 3.00. The van der Waals surface area contributed by atoms with Crippen molar-refractivity contribution < 1.29 is 26.7 Å². The fraction of sp³-hybridized carbons (Fsp3) is 0.350. The highest BCUT2D eigenvalue weighted by molar-refractivity contribution is 7.89. The van der Waals surface area contributed by atoms with Crippen molar-refractivity contribution in [3.05, 3.63) is 59.2 Å². The fourth-order valence-corrected chi connectivity index (χ4v) is 4.43. The van der Waals surface area contributed by atoms with Crippen molar-refractivity contribution in [1.29, 1.82) is 0 Å². The maximum absolute atomic E-state index is 13.3. The van der Waals surface area contributed by atoms with Gasteiger partial charge in [-0.15, -0.1) is 0 Å². The third-order valence-electron chi connectivity index (χ3n) is 4.72. The molecule has 1 amide bonds. The molecule has 0 bridgehead atoms. The van der Waals surface area contributed by atoms with Crippen LogP contribution in [0, 0.1) is 18.6 Å². The summed E-state index contributed by atoms with van der Waals surface area (Å²) in [5, 5.41) is 2.71. The number of amides is 1. The molecule has 1 heterocycles. The molecule has 1 aliphatic rings. The second kappa shape index (κ2) is 8.98. The van der Waals surface area contributed by atoms with E-state index in [1.807, 2.05) is 0 Å². The molecule has 2 aromatic carbocycles. The van der Waals surface area contributed by atoms with Gasteiger partial charge in [0.05, 0.1) is 18.1 Å².